The summed E-state index contributed by atoms with van der Waals surface area (Å²) >= 11 is 0. The molecule has 1 aliphatic heterocycles. The van der Waals surface area contributed by atoms with Crippen LogP contribution < -0.4 is 27.1 Å². The van der Waals surface area contributed by atoms with Crippen molar-refractivity contribution in [3.63, 3.8) is 0 Å². The van der Waals surface area contributed by atoms with E-state index in [1.54, 1.807) is 0 Å². The van der Waals surface area contributed by atoms with Crippen molar-refractivity contribution in [2.45, 2.75) is 0 Å². The van der Waals surface area contributed by atoms with Crippen LogP contribution in [0.2, 0.25) is 0 Å². The molecule has 0 aromatic heterocycles. The standard InChI is InChI=1S/C36H30F6N6O6P6/c37-55(49-31-19-7-1-8-20-31)43-56(38,50-32-21-9-2-10-22-32)45-58(40,52-34-25-13-4-14-26-34)47-60(42,54-36-29-17-6-18-30-36)48-59(41,53-35-27-15-5-16-28-35)46-57(39,44-55)51-33-23-11-3-12-24-33/h1-30H. The van der Waals surface area contributed by atoms with Gasteiger partial charge in [0.25, 0.3) is 0 Å². The lowest BCUT2D eigenvalue weighted by Gasteiger charge is -2.23. The van der Waals surface area contributed by atoms with Crippen LogP contribution in [0.4, 0.5) is 25.2 Å². The van der Waals surface area contributed by atoms with Crippen molar-refractivity contribution in [3.05, 3.63) is 182 Å². The fraction of sp³-hybridized carbons (Fsp3) is 0. The Morgan fingerprint density at radius 1 is 0.217 bits per heavy atom. The van der Waals surface area contributed by atoms with E-state index in [9.17, 15) is 0 Å². The molecule has 7 rings (SSSR count). The molecule has 6 aromatic rings. The molecule has 0 fully saturated rings. The Balaban J connectivity index is 1.64. The fourth-order valence-electron chi connectivity index (χ4n) is 4.84. The highest BCUT2D eigenvalue weighted by Gasteiger charge is 2.45. The van der Waals surface area contributed by atoms with Crippen LogP contribution in [0, 0.1) is 0 Å². The van der Waals surface area contributed by atoms with E-state index in [1.807, 2.05) is 0 Å². The predicted molar refractivity (Wildman–Crippen MR) is 225 cm³/mol. The van der Waals surface area contributed by atoms with Crippen molar-refractivity contribution in [2.24, 2.45) is 27.1 Å². The summed E-state index contributed by atoms with van der Waals surface area (Å²) in [6.45, 7) is 0. The topological polar surface area (TPSA) is 130 Å². The summed E-state index contributed by atoms with van der Waals surface area (Å²) < 4.78 is 161. The summed E-state index contributed by atoms with van der Waals surface area (Å²) in [5.74, 6) is -2.37. The summed E-state index contributed by atoms with van der Waals surface area (Å²) in [5, 5.41) is 0. The minimum absolute atomic E-state index is 0.395. The maximum absolute atomic E-state index is 17.8. The average Bonchev–Trinajstić information content (AvgIpc) is 3.18. The van der Waals surface area contributed by atoms with Crippen LogP contribution in [0.1, 0.15) is 0 Å². The summed E-state index contributed by atoms with van der Waals surface area (Å²) in [6.07, 6.45) is 0. The number of para-hydroxylation sites is 6. The Labute approximate surface area is 341 Å². The lowest BCUT2D eigenvalue weighted by Crippen LogP contribution is -1.96. The van der Waals surface area contributed by atoms with Gasteiger partial charge in [-0.25, -0.2) is 0 Å². The molecule has 312 valence electrons. The zero-order chi connectivity index (χ0) is 42.2. The number of hydrogen-bond acceptors (Lipinski definition) is 12. The van der Waals surface area contributed by atoms with Crippen molar-refractivity contribution in [2.75, 3.05) is 0 Å². The maximum atomic E-state index is 17.8. The number of nitrogens with zero attached hydrogens (tertiary/aromatic N) is 6. The molecule has 0 bridgehead atoms. The van der Waals surface area contributed by atoms with Crippen LogP contribution >= 0.6 is 46.5 Å². The van der Waals surface area contributed by atoms with Crippen molar-refractivity contribution < 1.29 is 52.3 Å². The SMILES string of the molecule is FP1(Oc2ccccc2)=NP(F)(Oc2ccccc2)=NP(F)(Oc2ccccc2)=NP(F)(Oc2ccccc2)=NP(F)(Oc2ccccc2)=NP(F)(Oc2ccccc2)=N1. The van der Waals surface area contributed by atoms with E-state index in [1.165, 1.54) is 182 Å². The monoisotopic (exact) mass is 942 g/mol. The van der Waals surface area contributed by atoms with Crippen LogP contribution in [0.25, 0.3) is 0 Å². The number of benzene rings is 6. The molecule has 1 aliphatic rings. The van der Waals surface area contributed by atoms with Crippen molar-refractivity contribution in [3.8, 4) is 34.5 Å². The van der Waals surface area contributed by atoms with E-state index in [0.717, 1.165) is 0 Å². The number of halogens is 6. The summed E-state index contributed by atoms with van der Waals surface area (Å²) in [5.41, 5.74) is 0. The minimum Gasteiger partial charge on any atom is -0.419 e. The third kappa shape index (κ3) is 12.1. The largest absolute Gasteiger partial charge is 0.443 e. The van der Waals surface area contributed by atoms with Gasteiger partial charge in [0.05, 0.1) is 0 Å². The molecule has 12 nitrogen and oxygen atoms in total. The molecule has 0 aliphatic carbocycles. The zero-order valence-corrected chi connectivity index (χ0v) is 35.8. The van der Waals surface area contributed by atoms with E-state index in [0.29, 0.717) is 0 Å². The Morgan fingerprint density at radius 3 is 0.450 bits per heavy atom. The van der Waals surface area contributed by atoms with Gasteiger partial charge in [0.2, 0.25) is 0 Å². The molecule has 0 unspecified atom stereocenters. The Kier molecular flexibility index (Phi) is 13.2. The van der Waals surface area contributed by atoms with Crippen molar-refractivity contribution in [1.82, 2.24) is 0 Å². The van der Waals surface area contributed by atoms with Gasteiger partial charge in [0.15, 0.2) is 0 Å². The van der Waals surface area contributed by atoms with Crippen LogP contribution in [0.15, 0.2) is 209 Å². The first kappa shape index (κ1) is 43.2. The van der Waals surface area contributed by atoms with Gasteiger partial charge in [-0.2, -0.15) is 0 Å². The highest BCUT2D eigenvalue weighted by atomic mass is 31.3. The second kappa shape index (κ2) is 18.4. The molecule has 24 heteroatoms. The van der Waals surface area contributed by atoms with Crippen molar-refractivity contribution in [1.29, 1.82) is 0 Å². The number of rotatable bonds is 12. The smallest absolute Gasteiger partial charge is 0.419 e. The molecule has 0 radical (unpaired) electrons. The third-order valence-electron chi connectivity index (χ3n) is 7.11. The molecule has 0 atom stereocenters. The van der Waals surface area contributed by atoms with Crippen molar-refractivity contribution >= 4 is 46.5 Å². The van der Waals surface area contributed by atoms with E-state index in [2.05, 4.69) is 27.1 Å². The van der Waals surface area contributed by atoms with Gasteiger partial charge >= 0.3 is 46.5 Å². The molecule has 0 saturated carbocycles. The first-order chi connectivity index (χ1) is 28.7. The molecule has 0 N–H and O–H groups in total. The quantitative estimate of drug-likeness (QED) is 0.0887. The van der Waals surface area contributed by atoms with E-state index in [-0.39, 0.29) is 0 Å². The lowest BCUT2D eigenvalue weighted by molar-refractivity contribution is 0.521. The van der Waals surface area contributed by atoms with Gasteiger partial charge < -0.3 is 27.1 Å². The first-order valence-electron chi connectivity index (χ1n) is 17.2. The normalized spacial score (nSPS) is 27.7. The highest BCUT2D eigenvalue weighted by Crippen LogP contribution is 2.81. The van der Waals surface area contributed by atoms with Gasteiger partial charge in [-0.05, 0) is 72.8 Å². The molecule has 60 heavy (non-hydrogen) atoms. The van der Waals surface area contributed by atoms with Gasteiger partial charge in [0, 0.05) is 0 Å². The Bertz CT molecular complexity index is 2250. The van der Waals surface area contributed by atoms with E-state index >= 15 is 25.2 Å². The Morgan fingerprint density at radius 2 is 0.333 bits per heavy atom. The first-order valence-corrected chi connectivity index (χ1v) is 26.2. The van der Waals surface area contributed by atoms with Gasteiger partial charge in [-0.1, -0.05) is 109 Å². The summed E-state index contributed by atoms with van der Waals surface area (Å²) in [4.78, 5) is 0. The van der Waals surface area contributed by atoms with Crippen LogP contribution in [-0.2, 0) is 0 Å². The molecular formula is C36H30F6N6O6P6. The van der Waals surface area contributed by atoms with E-state index < -0.39 is 81.0 Å². The second-order valence-electron chi connectivity index (χ2n) is 11.8. The van der Waals surface area contributed by atoms with Gasteiger partial charge in [0.1, 0.15) is 34.5 Å². The maximum Gasteiger partial charge on any atom is 0.443 e. The van der Waals surface area contributed by atoms with Crippen LogP contribution in [-0.4, -0.2) is 0 Å². The van der Waals surface area contributed by atoms with Crippen LogP contribution in [0.3, 0.4) is 0 Å². The third-order valence-corrected chi connectivity index (χ3v) is 20.4. The molecule has 0 amide bonds. The highest BCUT2D eigenvalue weighted by molar-refractivity contribution is 7.79. The van der Waals surface area contributed by atoms with Gasteiger partial charge in [-0.15, -0.1) is 52.3 Å². The zero-order valence-electron chi connectivity index (χ0n) is 30.4. The molecule has 6 aromatic carbocycles. The van der Waals surface area contributed by atoms with E-state index in [4.69, 9.17) is 27.1 Å². The molecule has 1 heterocycles. The molecule has 0 spiro atoms. The predicted octanol–water partition coefficient (Wildman–Crippen LogP) is 18.0. The average molecular weight is 943 g/mol. The molecular weight excluding hydrogens is 912 g/mol. The van der Waals surface area contributed by atoms with Gasteiger partial charge in [-0.3, -0.25) is 0 Å². The lowest BCUT2D eigenvalue weighted by atomic mass is 10.3. The minimum atomic E-state index is -6.07. The number of hydrogen-bond donors (Lipinski definition) is 0. The fourth-order valence-corrected chi connectivity index (χ4v) is 18.3. The summed E-state index contributed by atoms with van der Waals surface area (Å²) in [7, 11) is -36.4. The molecule has 0 saturated heterocycles. The second-order valence-corrected chi connectivity index (χ2v) is 22.9. The summed E-state index contributed by atoms with van der Waals surface area (Å²) in [6, 6.07) is 40.0. The Hall–Kier alpha value is -4.92. The van der Waals surface area contributed by atoms with Crippen LogP contribution in [0.5, 0.6) is 34.5 Å².